The average Bonchev–Trinajstić information content (AvgIpc) is 2.46. The highest BCUT2D eigenvalue weighted by Gasteiger charge is 2.10. The fraction of sp³-hybridized carbons (Fsp3) is 0.0667. The van der Waals surface area contributed by atoms with Crippen molar-refractivity contribution in [3.8, 4) is 6.07 Å². The molecule has 0 fully saturated rings. The molecule has 0 aliphatic heterocycles. The van der Waals surface area contributed by atoms with Gasteiger partial charge in [0.15, 0.2) is 0 Å². The number of hydrogen-bond acceptors (Lipinski definition) is 3. The first kappa shape index (κ1) is 14.8. The fourth-order valence-corrected chi connectivity index (χ4v) is 1.95. The second kappa shape index (κ2) is 6.25. The molecular weight excluding hydrogens is 295 g/mol. The molecule has 106 valence electrons. The van der Waals surface area contributed by atoms with E-state index in [2.05, 4.69) is 5.32 Å². The smallest absolute Gasteiger partial charge is 0.338 e. The third kappa shape index (κ3) is 3.50. The van der Waals surface area contributed by atoms with Crippen LogP contribution in [-0.4, -0.2) is 11.1 Å². The highest BCUT2D eigenvalue weighted by Crippen LogP contribution is 2.23. The van der Waals surface area contributed by atoms with E-state index in [0.717, 1.165) is 6.07 Å². The van der Waals surface area contributed by atoms with E-state index in [0.29, 0.717) is 21.8 Å². The van der Waals surface area contributed by atoms with E-state index in [1.54, 1.807) is 18.2 Å². The van der Waals surface area contributed by atoms with Gasteiger partial charge in [-0.2, -0.15) is 5.26 Å². The molecule has 0 aromatic heterocycles. The van der Waals surface area contributed by atoms with Crippen LogP contribution in [0, 0.1) is 17.1 Å². The van der Waals surface area contributed by atoms with Crippen molar-refractivity contribution in [2.45, 2.75) is 6.54 Å². The molecule has 21 heavy (non-hydrogen) atoms. The van der Waals surface area contributed by atoms with Gasteiger partial charge in [-0.3, -0.25) is 0 Å². The minimum Gasteiger partial charge on any atom is -0.478 e. The Hall–Kier alpha value is -2.58. The SMILES string of the molecule is N#Cc1ccc(Cl)c(NCc2ccc(C(=O)O)c(F)c2)c1. The number of anilines is 1. The van der Waals surface area contributed by atoms with Gasteiger partial charge >= 0.3 is 5.97 Å². The number of aromatic carboxylic acids is 1. The lowest BCUT2D eigenvalue weighted by atomic mass is 10.1. The molecule has 0 bridgehead atoms. The molecule has 2 aromatic carbocycles. The molecule has 0 saturated carbocycles. The summed E-state index contributed by atoms with van der Waals surface area (Å²) in [5.41, 5.74) is 1.20. The van der Waals surface area contributed by atoms with E-state index in [1.807, 2.05) is 6.07 Å². The molecule has 0 atom stereocenters. The second-order valence-corrected chi connectivity index (χ2v) is 4.69. The van der Waals surface area contributed by atoms with Crippen molar-refractivity contribution >= 4 is 23.3 Å². The summed E-state index contributed by atoms with van der Waals surface area (Å²) >= 11 is 5.99. The lowest BCUT2D eigenvalue weighted by molar-refractivity contribution is 0.0692. The van der Waals surface area contributed by atoms with Gasteiger partial charge in [0.2, 0.25) is 0 Å². The van der Waals surface area contributed by atoms with E-state index in [-0.39, 0.29) is 12.1 Å². The minimum absolute atomic E-state index is 0.255. The van der Waals surface area contributed by atoms with Crippen LogP contribution in [0.15, 0.2) is 36.4 Å². The molecule has 2 N–H and O–H groups in total. The number of rotatable bonds is 4. The summed E-state index contributed by atoms with van der Waals surface area (Å²) in [7, 11) is 0. The van der Waals surface area contributed by atoms with Crippen LogP contribution in [0.5, 0.6) is 0 Å². The van der Waals surface area contributed by atoms with Crippen LogP contribution in [0.2, 0.25) is 5.02 Å². The van der Waals surface area contributed by atoms with Gasteiger partial charge in [-0.1, -0.05) is 17.7 Å². The maximum atomic E-state index is 13.5. The van der Waals surface area contributed by atoms with Gasteiger partial charge in [-0.05, 0) is 35.9 Å². The van der Waals surface area contributed by atoms with Gasteiger partial charge in [0, 0.05) is 6.54 Å². The van der Waals surface area contributed by atoms with E-state index in [1.165, 1.54) is 12.1 Å². The number of nitrogens with one attached hydrogen (secondary N) is 1. The van der Waals surface area contributed by atoms with Crippen molar-refractivity contribution in [3.63, 3.8) is 0 Å². The van der Waals surface area contributed by atoms with E-state index in [9.17, 15) is 9.18 Å². The van der Waals surface area contributed by atoms with Gasteiger partial charge in [-0.25, -0.2) is 9.18 Å². The van der Waals surface area contributed by atoms with Crippen LogP contribution in [0.3, 0.4) is 0 Å². The fourth-order valence-electron chi connectivity index (χ4n) is 1.77. The summed E-state index contributed by atoms with van der Waals surface area (Å²) in [5, 5.41) is 21.0. The largest absolute Gasteiger partial charge is 0.478 e. The Bertz CT molecular complexity index is 741. The number of nitrogens with zero attached hydrogens (tertiary/aromatic N) is 1. The normalized spacial score (nSPS) is 9.95. The number of halogens is 2. The van der Waals surface area contributed by atoms with Crippen molar-refractivity contribution in [2.24, 2.45) is 0 Å². The second-order valence-electron chi connectivity index (χ2n) is 4.28. The average molecular weight is 305 g/mol. The molecule has 2 rings (SSSR count). The Balaban J connectivity index is 2.15. The van der Waals surface area contributed by atoms with Gasteiger partial charge < -0.3 is 10.4 Å². The summed E-state index contributed by atoms with van der Waals surface area (Å²) in [6.45, 7) is 0.255. The zero-order chi connectivity index (χ0) is 15.4. The number of carboxylic acids is 1. The molecule has 0 spiro atoms. The Kier molecular flexibility index (Phi) is 4.41. The zero-order valence-electron chi connectivity index (χ0n) is 10.7. The van der Waals surface area contributed by atoms with Crippen LogP contribution >= 0.6 is 11.6 Å². The molecule has 0 aliphatic rings. The third-order valence-electron chi connectivity index (χ3n) is 2.84. The van der Waals surface area contributed by atoms with Crippen LogP contribution in [-0.2, 0) is 6.54 Å². The van der Waals surface area contributed by atoms with Gasteiger partial charge in [0.25, 0.3) is 0 Å². The first-order chi connectivity index (χ1) is 10.0. The van der Waals surface area contributed by atoms with Crippen LogP contribution in [0.4, 0.5) is 10.1 Å². The first-order valence-electron chi connectivity index (χ1n) is 5.96. The Labute approximate surface area is 125 Å². The lowest BCUT2D eigenvalue weighted by Crippen LogP contribution is -2.04. The number of benzene rings is 2. The van der Waals surface area contributed by atoms with Gasteiger partial charge in [0.1, 0.15) is 5.82 Å². The molecule has 6 heteroatoms. The summed E-state index contributed by atoms with van der Waals surface area (Å²) in [6.07, 6.45) is 0. The van der Waals surface area contributed by atoms with Crippen molar-refractivity contribution in [2.75, 3.05) is 5.32 Å². The Morgan fingerprint density at radius 2 is 2.10 bits per heavy atom. The van der Waals surface area contributed by atoms with E-state index >= 15 is 0 Å². The predicted octanol–water partition coefficient (Wildman–Crippen LogP) is 3.66. The Morgan fingerprint density at radius 3 is 2.71 bits per heavy atom. The summed E-state index contributed by atoms with van der Waals surface area (Å²) in [5.74, 6) is -2.10. The summed E-state index contributed by atoms with van der Waals surface area (Å²) in [6, 6.07) is 10.6. The summed E-state index contributed by atoms with van der Waals surface area (Å²) in [4.78, 5) is 10.7. The quantitative estimate of drug-likeness (QED) is 0.904. The topological polar surface area (TPSA) is 73.1 Å². The monoisotopic (exact) mass is 304 g/mol. The Morgan fingerprint density at radius 1 is 1.33 bits per heavy atom. The highest BCUT2D eigenvalue weighted by atomic mass is 35.5. The minimum atomic E-state index is -1.31. The van der Waals surface area contributed by atoms with Crippen molar-refractivity contribution < 1.29 is 14.3 Å². The predicted molar refractivity (Wildman–Crippen MR) is 76.9 cm³/mol. The number of carbonyl (C=O) groups is 1. The maximum Gasteiger partial charge on any atom is 0.338 e. The molecule has 0 unspecified atom stereocenters. The van der Waals surface area contributed by atoms with Crippen molar-refractivity contribution in [1.29, 1.82) is 5.26 Å². The molecule has 0 aliphatic carbocycles. The highest BCUT2D eigenvalue weighted by molar-refractivity contribution is 6.33. The van der Waals surface area contributed by atoms with Crippen molar-refractivity contribution in [1.82, 2.24) is 0 Å². The molecule has 0 amide bonds. The van der Waals surface area contributed by atoms with Crippen LogP contribution in [0.1, 0.15) is 21.5 Å². The van der Waals surface area contributed by atoms with Gasteiger partial charge in [0.05, 0.1) is 27.9 Å². The summed E-state index contributed by atoms with van der Waals surface area (Å²) < 4.78 is 13.5. The molecule has 0 radical (unpaired) electrons. The van der Waals surface area contributed by atoms with Crippen molar-refractivity contribution in [3.05, 3.63) is 63.9 Å². The first-order valence-corrected chi connectivity index (χ1v) is 6.34. The molecule has 0 saturated heterocycles. The maximum absolute atomic E-state index is 13.5. The standard InChI is InChI=1S/C15H10ClFN2O2/c16-12-4-2-9(7-18)6-14(12)19-8-10-1-3-11(15(20)21)13(17)5-10/h1-6,19H,8H2,(H,20,21). The van der Waals surface area contributed by atoms with E-state index in [4.69, 9.17) is 22.0 Å². The third-order valence-corrected chi connectivity index (χ3v) is 3.17. The van der Waals surface area contributed by atoms with E-state index < -0.39 is 11.8 Å². The molecule has 2 aromatic rings. The van der Waals surface area contributed by atoms with Crippen LogP contribution in [0.25, 0.3) is 0 Å². The zero-order valence-corrected chi connectivity index (χ0v) is 11.5. The molecular formula is C15H10ClFN2O2. The van der Waals surface area contributed by atoms with Gasteiger partial charge in [-0.15, -0.1) is 0 Å². The molecule has 0 heterocycles. The number of hydrogen-bond donors (Lipinski definition) is 2. The number of nitriles is 1. The number of carboxylic acid groups (broad SMARTS) is 1. The molecule has 4 nitrogen and oxygen atoms in total. The van der Waals surface area contributed by atoms with Crippen LogP contribution < -0.4 is 5.32 Å². The lowest BCUT2D eigenvalue weighted by Gasteiger charge is -2.09.